The number of carbonyl (C=O) groups excluding carboxylic acids is 1. The fourth-order valence-electron chi connectivity index (χ4n) is 3.69. The Morgan fingerprint density at radius 1 is 1.12 bits per heavy atom. The maximum Gasteiger partial charge on any atom is 0.223 e. The van der Waals surface area contributed by atoms with Crippen molar-refractivity contribution in [2.24, 2.45) is 4.99 Å². The molecule has 0 radical (unpaired) electrons. The molecular weight excluding hydrogens is 515 g/mol. The molecule has 0 unspecified atom stereocenters. The summed E-state index contributed by atoms with van der Waals surface area (Å²) in [4.78, 5) is 18.8. The fraction of sp³-hybridized carbons (Fsp3) is 0.440. The predicted octanol–water partition coefficient (Wildman–Crippen LogP) is 4.39. The first kappa shape index (κ1) is 26.0. The van der Waals surface area contributed by atoms with Gasteiger partial charge in [0.2, 0.25) is 5.91 Å². The van der Waals surface area contributed by atoms with Gasteiger partial charge in [-0.1, -0.05) is 36.4 Å². The highest BCUT2D eigenvalue weighted by molar-refractivity contribution is 14.0. The molecule has 0 fully saturated rings. The Hall–Kier alpha value is -2.29. The lowest BCUT2D eigenvalue weighted by Gasteiger charge is -2.17. The Balaban J connectivity index is 0.00000363. The normalized spacial score (nSPS) is 12.9. The number of nitrogens with zero attached hydrogens (tertiary/aromatic N) is 2. The van der Waals surface area contributed by atoms with Crippen molar-refractivity contribution in [3.8, 4) is 5.75 Å². The summed E-state index contributed by atoms with van der Waals surface area (Å²) < 4.78 is 5.95. The van der Waals surface area contributed by atoms with E-state index in [1.807, 2.05) is 30.9 Å². The number of carbonyl (C=O) groups is 1. The third-order valence-corrected chi connectivity index (χ3v) is 5.31. The number of aliphatic imine (C=N–C) groups is 1. The van der Waals surface area contributed by atoms with Crippen molar-refractivity contribution in [1.29, 1.82) is 0 Å². The van der Waals surface area contributed by atoms with Crippen molar-refractivity contribution in [2.45, 2.75) is 59.4 Å². The average molecular weight is 550 g/mol. The highest BCUT2D eigenvalue weighted by Crippen LogP contribution is 2.23. The minimum Gasteiger partial charge on any atom is -0.491 e. The van der Waals surface area contributed by atoms with Crippen LogP contribution in [-0.2, 0) is 24.4 Å². The molecule has 1 heterocycles. The number of hydrogen-bond acceptors (Lipinski definition) is 3. The minimum absolute atomic E-state index is 0. The van der Waals surface area contributed by atoms with Crippen molar-refractivity contribution in [1.82, 2.24) is 15.5 Å². The number of aryl methyl sites for hydroxylation is 1. The van der Waals surface area contributed by atoms with Crippen LogP contribution in [0.25, 0.3) is 0 Å². The molecule has 0 aliphatic carbocycles. The summed E-state index contributed by atoms with van der Waals surface area (Å²) in [6, 6.07) is 14.5. The number of benzene rings is 2. The molecule has 1 aliphatic heterocycles. The van der Waals surface area contributed by atoms with Gasteiger partial charge in [0.15, 0.2) is 5.96 Å². The van der Waals surface area contributed by atoms with E-state index < -0.39 is 0 Å². The molecule has 7 heteroatoms. The van der Waals surface area contributed by atoms with E-state index in [1.165, 1.54) is 16.7 Å². The summed E-state index contributed by atoms with van der Waals surface area (Å²) in [5.74, 6) is 1.82. The van der Waals surface area contributed by atoms with Crippen LogP contribution in [0.3, 0.4) is 0 Å². The molecule has 32 heavy (non-hydrogen) atoms. The van der Waals surface area contributed by atoms with Crippen LogP contribution in [0.1, 0.15) is 48.9 Å². The molecule has 0 aromatic heterocycles. The first-order chi connectivity index (χ1) is 15.0. The van der Waals surface area contributed by atoms with Gasteiger partial charge in [-0.25, -0.2) is 0 Å². The van der Waals surface area contributed by atoms with Crippen molar-refractivity contribution >= 4 is 35.8 Å². The summed E-state index contributed by atoms with van der Waals surface area (Å²) in [5.41, 5.74) is 4.78. The van der Waals surface area contributed by atoms with E-state index in [0.717, 1.165) is 36.8 Å². The van der Waals surface area contributed by atoms with Crippen LogP contribution < -0.4 is 15.4 Å². The zero-order chi connectivity index (χ0) is 22.2. The number of nitrogens with one attached hydrogen (secondary N) is 2. The summed E-state index contributed by atoms with van der Waals surface area (Å²) >= 11 is 0. The number of rotatable bonds is 8. The van der Waals surface area contributed by atoms with E-state index in [2.05, 4.69) is 52.9 Å². The lowest BCUT2D eigenvalue weighted by atomic mass is 10.1. The average Bonchev–Trinajstić information content (AvgIpc) is 3.18. The van der Waals surface area contributed by atoms with E-state index in [9.17, 15) is 4.79 Å². The van der Waals surface area contributed by atoms with Crippen molar-refractivity contribution < 1.29 is 9.53 Å². The van der Waals surface area contributed by atoms with E-state index in [4.69, 9.17) is 4.74 Å². The Morgan fingerprint density at radius 3 is 2.44 bits per heavy atom. The highest BCUT2D eigenvalue weighted by Gasteiger charge is 2.22. The van der Waals surface area contributed by atoms with Gasteiger partial charge in [-0.05, 0) is 49.9 Å². The largest absolute Gasteiger partial charge is 0.491 e. The van der Waals surface area contributed by atoms with Crippen LogP contribution in [0.5, 0.6) is 5.75 Å². The monoisotopic (exact) mass is 550 g/mol. The van der Waals surface area contributed by atoms with Crippen LogP contribution in [0, 0.1) is 6.92 Å². The second-order valence-electron chi connectivity index (χ2n) is 8.25. The zero-order valence-corrected chi connectivity index (χ0v) is 21.8. The van der Waals surface area contributed by atoms with Gasteiger partial charge in [0, 0.05) is 45.2 Å². The molecule has 0 saturated heterocycles. The summed E-state index contributed by atoms with van der Waals surface area (Å²) in [6.07, 6.45) is 1.42. The zero-order valence-electron chi connectivity index (χ0n) is 19.5. The number of fused-ring (bicyclic) bond motifs is 1. The third kappa shape index (κ3) is 7.39. The molecule has 3 rings (SSSR count). The highest BCUT2D eigenvalue weighted by atomic mass is 127. The van der Waals surface area contributed by atoms with Gasteiger partial charge in [0.25, 0.3) is 0 Å². The smallest absolute Gasteiger partial charge is 0.223 e. The molecule has 0 spiro atoms. The van der Waals surface area contributed by atoms with Crippen LogP contribution in [0.15, 0.2) is 47.5 Å². The molecule has 2 aromatic carbocycles. The topological polar surface area (TPSA) is 66.0 Å². The van der Waals surface area contributed by atoms with E-state index in [-0.39, 0.29) is 36.0 Å². The number of guanidine groups is 1. The second-order valence-corrected chi connectivity index (χ2v) is 8.25. The Kier molecular flexibility index (Phi) is 10.3. The Labute approximate surface area is 208 Å². The number of hydrogen-bond donors (Lipinski definition) is 2. The van der Waals surface area contributed by atoms with Crippen LogP contribution in [0.2, 0.25) is 0 Å². The van der Waals surface area contributed by atoms with Gasteiger partial charge in [-0.3, -0.25) is 9.79 Å². The summed E-state index contributed by atoms with van der Waals surface area (Å²) in [7, 11) is 1.75. The van der Waals surface area contributed by atoms with Gasteiger partial charge in [0.05, 0.1) is 6.10 Å². The second kappa shape index (κ2) is 12.7. The number of ether oxygens (including phenoxy) is 1. The first-order valence-electron chi connectivity index (χ1n) is 11.0. The fourth-order valence-corrected chi connectivity index (χ4v) is 3.69. The van der Waals surface area contributed by atoms with Gasteiger partial charge >= 0.3 is 0 Å². The molecule has 0 bridgehead atoms. The van der Waals surface area contributed by atoms with Crippen LogP contribution in [-0.4, -0.2) is 36.5 Å². The Morgan fingerprint density at radius 2 is 1.81 bits per heavy atom. The van der Waals surface area contributed by atoms with E-state index in [1.54, 1.807) is 7.05 Å². The molecule has 174 valence electrons. The molecule has 0 atom stereocenters. The minimum atomic E-state index is 0. The van der Waals surface area contributed by atoms with Gasteiger partial charge in [0.1, 0.15) is 5.75 Å². The summed E-state index contributed by atoms with van der Waals surface area (Å²) in [5, 5.41) is 6.64. The molecule has 6 nitrogen and oxygen atoms in total. The molecule has 1 aliphatic rings. The quantitative estimate of drug-likeness (QED) is 0.222. The lowest BCUT2D eigenvalue weighted by molar-refractivity contribution is -0.131. The molecule has 2 N–H and O–H groups in total. The predicted molar refractivity (Wildman–Crippen MR) is 140 cm³/mol. The van der Waals surface area contributed by atoms with E-state index >= 15 is 0 Å². The number of amides is 1. The molecule has 0 saturated carbocycles. The molecule has 2 aromatic rings. The van der Waals surface area contributed by atoms with Crippen LogP contribution in [0.4, 0.5) is 0 Å². The number of halogens is 1. The maximum atomic E-state index is 12.5. The van der Waals surface area contributed by atoms with Gasteiger partial charge in [-0.2, -0.15) is 0 Å². The first-order valence-corrected chi connectivity index (χ1v) is 11.0. The lowest BCUT2D eigenvalue weighted by Crippen LogP contribution is -2.37. The van der Waals surface area contributed by atoms with E-state index in [0.29, 0.717) is 19.5 Å². The maximum absolute atomic E-state index is 12.5. The van der Waals surface area contributed by atoms with Crippen molar-refractivity contribution in [2.75, 3.05) is 13.6 Å². The third-order valence-electron chi connectivity index (χ3n) is 5.31. The SMILES string of the molecule is CN=C(NCCCC(=O)N1Cc2ccccc2C1)NCc1ccc(C)cc1OC(C)C.I. The van der Waals surface area contributed by atoms with Crippen LogP contribution >= 0.6 is 24.0 Å². The summed E-state index contributed by atoms with van der Waals surface area (Å²) in [6.45, 7) is 8.88. The standard InChI is InChI=1S/C25H34N4O2.HI/c1-18(2)31-23-14-19(3)11-12-20(23)15-28-25(26-4)27-13-7-10-24(30)29-16-21-8-5-6-9-22(21)17-29;/h5-6,8-9,11-12,14,18H,7,10,13,15-17H2,1-4H3,(H2,26,27,28);1H. The van der Waals surface area contributed by atoms with Gasteiger partial charge in [-0.15, -0.1) is 24.0 Å². The van der Waals surface area contributed by atoms with Gasteiger partial charge < -0.3 is 20.3 Å². The molecular formula is C25H35IN4O2. The van der Waals surface area contributed by atoms with Crippen molar-refractivity contribution in [3.05, 3.63) is 64.7 Å². The molecule has 1 amide bonds. The Bertz CT molecular complexity index is 905. The van der Waals surface area contributed by atoms with Crippen molar-refractivity contribution in [3.63, 3.8) is 0 Å².